The van der Waals surface area contributed by atoms with Gasteiger partial charge in [0.25, 0.3) is 0 Å². The molecule has 0 aliphatic carbocycles. The van der Waals surface area contributed by atoms with Gasteiger partial charge in [-0.1, -0.05) is 11.6 Å². The Morgan fingerprint density at radius 3 is 2.95 bits per heavy atom. The van der Waals surface area contributed by atoms with Gasteiger partial charge in [0.05, 0.1) is 12.8 Å². The van der Waals surface area contributed by atoms with Crippen LogP contribution in [-0.4, -0.2) is 23.0 Å². The van der Waals surface area contributed by atoms with Crippen molar-refractivity contribution in [1.29, 1.82) is 0 Å². The number of carbonyl (C=O) groups is 1. The van der Waals surface area contributed by atoms with Crippen LogP contribution in [0.3, 0.4) is 0 Å². The molecule has 0 fully saturated rings. The number of ether oxygens (including phenoxy) is 1. The maximum absolute atomic E-state index is 13.6. The molecule has 0 aliphatic rings. The second kappa shape index (κ2) is 5.62. The van der Waals surface area contributed by atoms with E-state index in [1.807, 2.05) is 0 Å². The topological polar surface area (TPSA) is 64.1 Å². The normalized spacial score (nSPS) is 10.1. The van der Waals surface area contributed by atoms with E-state index >= 15 is 0 Å². The summed E-state index contributed by atoms with van der Waals surface area (Å²) < 4.78 is 18.2. The Hall–Kier alpha value is -2.21. The molecule has 98 valence electrons. The number of benzene rings is 1. The summed E-state index contributed by atoms with van der Waals surface area (Å²) in [6.07, 6.45) is 2.53. The molecule has 1 heterocycles. The summed E-state index contributed by atoms with van der Waals surface area (Å²) in [5, 5.41) is 2.97. The largest absolute Gasteiger partial charge is 0.465 e. The van der Waals surface area contributed by atoms with Crippen LogP contribution < -0.4 is 5.32 Å². The first kappa shape index (κ1) is 13.2. The molecule has 1 N–H and O–H groups in total. The molecule has 5 nitrogen and oxygen atoms in total. The Balaban J connectivity index is 2.35. The lowest BCUT2D eigenvalue weighted by molar-refractivity contribution is 0.0601. The van der Waals surface area contributed by atoms with Crippen LogP contribution in [0.5, 0.6) is 0 Å². The van der Waals surface area contributed by atoms with Crippen LogP contribution in [0.2, 0.25) is 5.02 Å². The molecule has 19 heavy (non-hydrogen) atoms. The molecule has 0 spiro atoms. The zero-order valence-corrected chi connectivity index (χ0v) is 10.6. The van der Waals surface area contributed by atoms with Crippen LogP contribution in [0.4, 0.5) is 15.9 Å². The monoisotopic (exact) mass is 281 g/mol. The van der Waals surface area contributed by atoms with Crippen molar-refractivity contribution >= 4 is 29.1 Å². The smallest absolute Gasteiger partial charge is 0.343 e. The predicted molar refractivity (Wildman–Crippen MR) is 68.1 cm³/mol. The first-order valence-corrected chi connectivity index (χ1v) is 5.60. The number of halogens is 2. The summed E-state index contributed by atoms with van der Waals surface area (Å²) in [7, 11) is 1.24. The average Bonchev–Trinajstić information content (AvgIpc) is 2.41. The van der Waals surface area contributed by atoms with Gasteiger partial charge < -0.3 is 10.1 Å². The number of nitrogens with zero attached hydrogens (tertiary/aromatic N) is 2. The lowest BCUT2D eigenvalue weighted by atomic mass is 10.2. The van der Waals surface area contributed by atoms with Crippen LogP contribution in [-0.2, 0) is 4.74 Å². The van der Waals surface area contributed by atoms with E-state index in [2.05, 4.69) is 20.0 Å². The Morgan fingerprint density at radius 2 is 2.26 bits per heavy atom. The van der Waals surface area contributed by atoms with E-state index in [0.29, 0.717) is 0 Å². The van der Waals surface area contributed by atoms with Crippen molar-refractivity contribution in [3.63, 3.8) is 0 Å². The van der Waals surface area contributed by atoms with Crippen molar-refractivity contribution in [2.75, 3.05) is 12.4 Å². The lowest BCUT2D eigenvalue weighted by Gasteiger charge is -2.09. The Kier molecular flexibility index (Phi) is 3.91. The van der Waals surface area contributed by atoms with Crippen molar-refractivity contribution in [3.05, 3.63) is 47.1 Å². The SMILES string of the molecule is COC(=O)c1cncnc1Nc1ccc(Cl)cc1F. The van der Waals surface area contributed by atoms with E-state index in [1.165, 1.54) is 31.8 Å². The minimum Gasteiger partial charge on any atom is -0.465 e. The summed E-state index contributed by atoms with van der Waals surface area (Å²) in [6.45, 7) is 0. The number of aromatic nitrogens is 2. The van der Waals surface area contributed by atoms with Crippen molar-refractivity contribution < 1.29 is 13.9 Å². The Labute approximate surface area is 113 Å². The number of methoxy groups -OCH3 is 1. The fourth-order valence-electron chi connectivity index (χ4n) is 1.41. The number of hydrogen-bond acceptors (Lipinski definition) is 5. The van der Waals surface area contributed by atoms with Crippen molar-refractivity contribution in [2.24, 2.45) is 0 Å². The quantitative estimate of drug-likeness (QED) is 0.877. The zero-order valence-electron chi connectivity index (χ0n) is 9.85. The number of nitrogens with one attached hydrogen (secondary N) is 1. The second-order valence-corrected chi connectivity index (χ2v) is 3.96. The molecular formula is C12H9ClFN3O2. The maximum Gasteiger partial charge on any atom is 0.343 e. The minimum absolute atomic E-state index is 0.111. The van der Waals surface area contributed by atoms with Crippen molar-refractivity contribution in [1.82, 2.24) is 9.97 Å². The first-order chi connectivity index (χ1) is 9.11. The van der Waals surface area contributed by atoms with Gasteiger partial charge in [-0.2, -0.15) is 0 Å². The summed E-state index contributed by atoms with van der Waals surface area (Å²) in [5.74, 6) is -1.01. The van der Waals surface area contributed by atoms with Gasteiger partial charge in [0.1, 0.15) is 23.5 Å². The Morgan fingerprint density at radius 1 is 1.47 bits per heavy atom. The molecule has 2 rings (SSSR count). The fraction of sp³-hybridized carbons (Fsp3) is 0.0833. The highest BCUT2D eigenvalue weighted by Gasteiger charge is 2.14. The second-order valence-electron chi connectivity index (χ2n) is 3.53. The van der Waals surface area contributed by atoms with E-state index in [-0.39, 0.29) is 22.1 Å². The van der Waals surface area contributed by atoms with Crippen LogP contribution in [0.15, 0.2) is 30.7 Å². The zero-order chi connectivity index (χ0) is 13.8. The van der Waals surface area contributed by atoms with E-state index in [4.69, 9.17) is 11.6 Å². The van der Waals surface area contributed by atoms with Gasteiger partial charge in [-0.25, -0.2) is 19.2 Å². The highest BCUT2D eigenvalue weighted by atomic mass is 35.5. The van der Waals surface area contributed by atoms with Crippen LogP contribution >= 0.6 is 11.6 Å². The molecule has 0 aliphatic heterocycles. The van der Waals surface area contributed by atoms with Crippen molar-refractivity contribution in [3.8, 4) is 0 Å². The van der Waals surface area contributed by atoms with E-state index in [9.17, 15) is 9.18 Å². The van der Waals surface area contributed by atoms with Gasteiger partial charge in [0.15, 0.2) is 0 Å². The molecule has 0 saturated heterocycles. The summed E-state index contributed by atoms with van der Waals surface area (Å²) >= 11 is 5.66. The fourth-order valence-corrected chi connectivity index (χ4v) is 1.57. The minimum atomic E-state index is -0.613. The van der Waals surface area contributed by atoms with Crippen LogP contribution in [0, 0.1) is 5.82 Å². The molecule has 0 bridgehead atoms. The average molecular weight is 282 g/mol. The first-order valence-electron chi connectivity index (χ1n) is 5.22. The molecule has 1 aromatic heterocycles. The van der Waals surface area contributed by atoms with E-state index in [1.54, 1.807) is 0 Å². The molecule has 0 saturated carbocycles. The van der Waals surface area contributed by atoms with Crippen molar-refractivity contribution in [2.45, 2.75) is 0 Å². The van der Waals surface area contributed by atoms with Gasteiger partial charge in [-0.05, 0) is 18.2 Å². The molecule has 2 aromatic rings. The molecule has 1 aromatic carbocycles. The van der Waals surface area contributed by atoms with Gasteiger partial charge >= 0.3 is 5.97 Å². The number of anilines is 2. The third-order valence-corrected chi connectivity index (χ3v) is 2.54. The summed E-state index contributed by atoms with van der Waals surface area (Å²) in [4.78, 5) is 19.1. The van der Waals surface area contributed by atoms with Gasteiger partial charge in [-0.15, -0.1) is 0 Å². The third kappa shape index (κ3) is 2.97. The van der Waals surface area contributed by atoms with Crippen LogP contribution in [0.1, 0.15) is 10.4 Å². The highest BCUT2D eigenvalue weighted by molar-refractivity contribution is 6.30. The Bertz CT molecular complexity index is 622. The number of carbonyl (C=O) groups excluding carboxylic acids is 1. The molecule has 7 heteroatoms. The summed E-state index contributed by atoms with van der Waals surface area (Å²) in [5.41, 5.74) is 0.257. The number of esters is 1. The van der Waals surface area contributed by atoms with Gasteiger partial charge in [0, 0.05) is 11.2 Å². The number of hydrogen-bond donors (Lipinski definition) is 1. The molecular weight excluding hydrogens is 273 g/mol. The van der Waals surface area contributed by atoms with E-state index in [0.717, 1.165) is 6.07 Å². The van der Waals surface area contributed by atoms with E-state index < -0.39 is 11.8 Å². The highest BCUT2D eigenvalue weighted by Crippen LogP contribution is 2.23. The maximum atomic E-state index is 13.6. The molecule has 0 unspecified atom stereocenters. The molecule has 0 atom stereocenters. The lowest BCUT2D eigenvalue weighted by Crippen LogP contribution is -2.08. The van der Waals surface area contributed by atoms with Crippen LogP contribution in [0.25, 0.3) is 0 Å². The molecule has 0 amide bonds. The third-order valence-electron chi connectivity index (χ3n) is 2.30. The predicted octanol–water partition coefficient (Wildman–Crippen LogP) is 2.80. The van der Waals surface area contributed by atoms with Gasteiger partial charge in [0.2, 0.25) is 0 Å². The standard InChI is InChI=1S/C12H9ClFN3O2/c1-19-12(18)8-5-15-6-16-11(8)17-10-3-2-7(13)4-9(10)14/h2-6H,1H3,(H,15,16,17). The molecule has 0 radical (unpaired) electrons. The number of rotatable bonds is 3. The van der Waals surface area contributed by atoms with Gasteiger partial charge in [-0.3, -0.25) is 0 Å². The summed E-state index contributed by atoms with van der Waals surface area (Å²) in [6, 6.07) is 4.12.